The average molecular weight is 234 g/mol. The molecule has 1 amide bonds. The third kappa shape index (κ3) is 3.79. The Morgan fingerprint density at radius 2 is 2.20 bits per heavy atom. The second kappa shape index (κ2) is 4.94. The molecule has 0 radical (unpaired) electrons. The Morgan fingerprint density at radius 3 is 2.73 bits per heavy atom. The summed E-state index contributed by atoms with van der Waals surface area (Å²) < 4.78 is 24.0. The van der Waals surface area contributed by atoms with Gasteiger partial charge in [-0.05, 0) is 12.8 Å². The van der Waals surface area contributed by atoms with Crippen molar-refractivity contribution < 1.29 is 13.2 Å². The largest absolute Gasteiger partial charge is 0.352 e. The zero-order valence-electron chi connectivity index (χ0n) is 9.19. The molecule has 0 bridgehead atoms. The molecule has 1 atom stereocenters. The minimum Gasteiger partial charge on any atom is -0.352 e. The van der Waals surface area contributed by atoms with Gasteiger partial charge in [0.1, 0.15) is 0 Å². The molecule has 0 aromatic carbocycles. The molecule has 1 rings (SSSR count). The second-order valence-electron chi connectivity index (χ2n) is 3.88. The first kappa shape index (κ1) is 12.4. The van der Waals surface area contributed by atoms with Crippen molar-refractivity contribution in [3.8, 4) is 0 Å². The lowest BCUT2D eigenvalue weighted by Crippen LogP contribution is -2.49. The van der Waals surface area contributed by atoms with Gasteiger partial charge in [0, 0.05) is 25.6 Å². The van der Waals surface area contributed by atoms with E-state index in [-0.39, 0.29) is 11.9 Å². The van der Waals surface area contributed by atoms with E-state index in [9.17, 15) is 13.2 Å². The van der Waals surface area contributed by atoms with Crippen LogP contribution in [0.2, 0.25) is 0 Å². The summed E-state index contributed by atoms with van der Waals surface area (Å²) in [7, 11) is -3.12. The van der Waals surface area contributed by atoms with E-state index in [2.05, 4.69) is 5.32 Å². The lowest BCUT2D eigenvalue weighted by molar-refractivity contribution is -0.121. The van der Waals surface area contributed by atoms with Crippen LogP contribution in [0.5, 0.6) is 0 Å². The van der Waals surface area contributed by atoms with Crippen molar-refractivity contribution in [2.75, 3.05) is 19.3 Å². The quantitative estimate of drug-likeness (QED) is 0.743. The molecule has 1 saturated heterocycles. The molecule has 5 nitrogen and oxygen atoms in total. The normalized spacial score (nSPS) is 23.7. The highest BCUT2D eigenvalue weighted by Gasteiger charge is 2.26. The number of rotatable bonds is 3. The summed E-state index contributed by atoms with van der Waals surface area (Å²) in [4.78, 5) is 11.2. The topological polar surface area (TPSA) is 66.5 Å². The van der Waals surface area contributed by atoms with Crippen LogP contribution in [0.25, 0.3) is 0 Å². The smallest absolute Gasteiger partial charge is 0.219 e. The van der Waals surface area contributed by atoms with Crippen LogP contribution in [0.1, 0.15) is 26.2 Å². The van der Waals surface area contributed by atoms with Crippen LogP contribution in [0.15, 0.2) is 0 Å². The molecule has 1 aliphatic rings. The maximum absolute atomic E-state index is 11.3. The van der Waals surface area contributed by atoms with Crippen LogP contribution in [-0.4, -0.2) is 44.0 Å². The fourth-order valence-electron chi connectivity index (χ4n) is 1.69. The third-order valence-corrected chi connectivity index (χ3v) is 3.81. The monoisotopic (exact) mass is 234 g/mol. The summed E-state index contributed by atoms with van der Waals surface area (Å²) in [5.74, 6) is -0.0182. The van der Waals surface area contributed by atoms with Crippen molar-refractivity contribution in [2.24, 2.45) is 0 Å². The van der Waals surface area contributed by atoms with Crippen molar-refractivity contribution >= 4 is 15.9 Å². The summed E-state index contributed by atoms with van der Waals surface area (Å²) in [6.45, 7) is 2.76. The molecule has 0 aliphatic carbocycles. The summed E-state index contributed by atoms with van der Waals surface area (Å²) in [5.41, 5.74) is 0. The third-order valence-electron chi connectivity index (χ3n) is 2.54. The molecule has 0 saturated carbocycles. The van der Waals surface area contributed by atoms with Crippen LogP contribution in [0.3, 0.4) is 0 Å². The SMILES string of the molecule is CCC(=O)NC1CCCN(S(C)(=O)=O)C1. The molecule has 1 heterocycles. The number of amides is 1. The molecule has 15 heavy (non-hydrogen) atoms. The maximum atomic E-state index is 11.3. The maximum Gasteiger partial charge on any atom is 0.219 e. The Bertz CT molecular complexity index is 326. The zero-order valence-corrected chi connectivity index (χ0v) is 10.0. The molecule has 1 fully saturated rings. The minimum atomic E-state index is -3.12. The van der Waals surface area contributed by atoms with Crippen molar-refractivity contribution in [1.82, 2.24) is 9.62 Å². The zero-order chi connectivity index (χ0) is 11.5. The van der Waals surface area contributed by atoms with Crippen molar-refractivity contribution in [3.63, 3.8) is 0 Å². The highest BCUT2D eigenvalue weighted by Crippen LogP contribution is 2.12. The molecular weight excluding hydrogens is 216 g/mol. The number of carbonyl (C=O) groups excluding carboxylic acids is 1. The van der Waals surface area contributed by atoms with Crippen molar-refractivity contribution in [3.05, 3.63) is 0 Å². The van der Waals surface area contributed by atoms with Gasteiger partial charge in [-0.15, -0.1) is 0 Å². The molecule has 0 aromatic heterocycles. The van der Waals surface area contributed by atoms with Gasteiger partial charge < -0.3 is 5.32 Å². The fourth-order valence-corrected chi connectivity index (χ4v) is 2.60. The van der Waals surface area contributed by atoms with Crippen LogP contribution in [-0.2, 0) is 14.8 Å². The van der Waals surface area contributed by atoms with E-state index in [0.717, 1.165) is 12.8 Å². The van der Waals surface area contributed by atoms with E-state index in [1.807, 2.05) is 0 Å². The lowest BCUT2D eigenvalue weighted by atomic mass is 10.1. The predicted molar refractivity (Wildman–Crippen MR) is 57.9 cm³/mol. The molecule has 0 aromatic rings. The van der Waals surface area contributed by atoms with Gasteiger partial charge in [0.2, 0.25) is 15.9 Å². The molecule has 1 N–H and O–H groups in total. The van der Waals surface area contributed by atoms with Crippen LogP contribution in [0, 0.1) is 0 Å². The van der Waals surface area contributed by atoms with Crippen LogP contribution < -0.4 is 5.32 Å². The Morgan fingerprint density at radius 1 is 1.53 bits per heavy atom. The molecule has 1 aliphatic heterocycles. The number of nitrogens with zero attached hydrogens (tertiary/aromatic N) is 1. The minimum absolute atomic E-state index is 0.0182. The summed E-state index contributed by atoms with van der Waals surface area (Å²) >= 11 is 0. The summed E-state index contributed by atoms with van der Waals surface area (Å²) in [6, 6.07) is -0.0269. The molecule has 1 unspecified atom stereocenters. The highest BCUT2D eigenvalue weighted by atomic mass is 32.2. The Hall–Kier alpha value is -0.620. The Balaban J connectivity index is 2.53. The van der Waals surface area contributed by atoms with E-state index < -0.39 is 10.0 Å². The lowest BCUT2D eigenvalue weighted by Gasteiger charge is -2.31. The first-order valence-electron chi connectivity index (χ1n) is 5.18. The molecule has 88 valence electrons. The molecule has 6 heteroatoms. The van der Waals surface area contributed by atoms with Crippen LogP contribution >= 0.6 is 0 Å². The first-order valence-corrected chi connectivity index (χ1v) is 7.02. The predicted octanol–water partition coefficient (Wildman–Crippen LogP) is -0.0634. The first-order chi connectivity index (χ1) is 6.93. The van der Waals surface area contributed by atoms with Gasteiger partial charge >= 0.3 is 0 Å². The number of nitrogens with one attached hydrogen (secondary N) is 1. The number of piperidine rings is 1. The van der Waals surface area contributed by atoms with Gasteiger partial charge in [-0.3, -0.25) is 4.79 Å². The Labute approximate surface area is 90.9 Å². The standard InChI is InChI=1S/C9H18N2O3S/c1-3-9(12)10-8-5-4-6-11(7-8)15(2,13)14/h8H,3-7H2,1-2H3,(H,10,12). The van der Waals surface area contributed by atoms with Crippen molar-refractivity contribution in [2.45, 2.75) is 32.2 Å². The number of hydrogen-bond acceptors (Lipinski definition) is 3. The van der Waals surface area contributed by atoms with E-state index in [0.29, 0.717) is 19.5 Å². The van der Waals surface area contributed by atoms with E-state index in [1.165, 1.54) is 10.6 Å². The van der Waals surface area contributed by atoms with Gasteiger partial charge in [-0.1, -0.05) is 6.92 Å². The number of sulfonamides is 1. The van der Waals surface area contributed by atoms with E-state index >= 15 is 0 Å². The molecular formula is C9H18N2O3S. The van der Waals surface area contributed by atoms with E-state index in [4.69, 9.17) is 0 Å². The van der Waals surface area contributed by atoms with Crippen LogP contribution in [0.4, 0.5) is 0 Å². The summed E-state index contributed by atoms with van der Waals surface area (Å²) in [5, 5.41) is 2.83. The van der Waals surface area contributed by atoms with Crippen molar-refractivity contribution in [1.29, 1.82) is 0 Å². The average Bonchev–Trinajstić information content (AvgIpc) is 2.17. The number of hydrogen-bond donors (Lipinski definition) is 1. The second-order valence-corrected chi connectivity index (χ2v) is 5.86. The molecule has 0 spiro atoms. The van der Waals surface area contributed by atoms with E-state index in [1.54, 1.807) is 6.92 Å². The summed E-state index contributed by atoms with van der Waals surface area (Å²) in [6.07, 6.45) is 3.31. The van der Waals surface area contributed by atoms with Gasteiger partial charge in [0.25, 0.3) is 0 Å². The Kier molecular flexibility index (Phi) is 4.10. The highest BCUT2D eigenvalue weighted by molar-refractivity contribution is 7.88. The van der Waals surface area contributed by atoms with Gasteiger partial charge in [0.05, 0.1) is 6.26 Å². The van der Waals surface area contributed by atoms with Gasteiger partial charge in [-0.25, -0.2) is 12.7 Å². The van der Waals surface area contributed by atoms with Gasteiger partial charge in [-0.2, -0.15) is 0 Å². The fraction of sp³-hybridized carbons (Fsp3) is 0.889. The van der Waals surface area contributed by atoms with Gasteiger partial charge in [0.15, 0.2) is 0 Å². The number of carbonyl (C=O) groups is 1.